The maximum absolute atomic E-state index is 6.06. The average Bonchev–Trinajstić information content (AvgIpc) is 2.86. The smallest absolute Gasteiger partial charge is 0.125 e. The quantitative estimate of drug-likeness (QED) is 0.433. The van der Waals surface area contributed by atoms with Gasteiger partial charge in [0.25, 0.3) is 0 Å². The second-order valence-corrected chi connectivity index (χ2v) is 8.34. The minimum atomic E-state index is 0.130. The Bertz CT molecular complexity index is 947. The van der Waals surface area contributed by atoms with Gasteiger partial charge in [0.2, 0.25) is 0 Å². The maximum atomic E-state index is 6.06. The van der Waals surface area contributed by atoms with Crippen LogP contribution in [0.25, 0.3) is 0 Å². The van der Waals surface area contributed by atoms with Gasteiger partial charge in [-0.15, -0.1) is 0 Å². The summed E-state index contributed by atoms with van der Waals surface area (Å²) in [6.45, 7) is 6.51. The molecule has 1 aliphatic heterocycles. The fraction of sp³-hybridized carbons (Fsp3) is 0.357. The molecule has 0 radical (unpaired) electrons. The van der Waals surface area contributed by atoms with E-state index in [1.807, 2.05) is 31.2 Å². The van der Waals surface area contributed by atoms with E-state index in [9.17, 15) is 0 Å². The van der Waals surface area contributed by atoms with E-state index in [0.29, 0.717) is 6.61 Å². The van der Waals surface area contributed by atoms with Gasteiger partial charge in [0.15, 0.2) is 0 Å². The number of benzene rings is 3. The van der Waals surface area contributed by atoms with Crippen LogP contribution in [0.1, 0.15) is 36.2 Å². The summed E-state index contributed by atoms with van der Waals surface area (Å²) in [6, 6.07) is 25.3. The normalized spacial score (nSPS) is 15.4. The summed E-state index contributed by atoms with van der Waals surface area (Å²) >= 11 is 0. The van der Waals surface area contributed by atoms with Crippen LogP contribution in [0, 0.1) is 0 Å². The lowest BCUT2D eigenvalue weighted by molar-refractivity contribution is -0.0106. The van der Waals surface area contributed by atoms with Crippen LogP contribution in [0.5, 0.6) is 17.2 Å². The Morgan fingerprint density at radius 2 is 1.24 bits per heavy atom. The van der Waals surface area contributed by atoms with Gasteiger partial charge < -0.3 is 14.2 Å². The summed E-state index contributed by atoms with van der Waals surface area (Å²) in [6.07, 6.45) is 1.25. The zero-order valence-corrected chi connectivity index (χ0v) is 19.9. The maximum Gasteiger partial charge on any atom is 0.125 e. The van der Waals surface area contributed by atoms with Gasteiger partial charge in [0.05, 0.1) is 27.0 Å². The molecule has 1 heterocycles. The Labute approximate surface area is 197 Å². The van der Waals surface area contributed by atoms with E-state index in [4.69, 9.17) is 14.2 Å². The molecular formula is C28H34N2O3. The van der Waals surface area contributed by atoms with E-state index < -0.39 is 0 Å². The molecule has 0 atom stereocenters. The molecule has 0 unspecified atom stereocenters. The van der Waals surface area contributed by atoms with Crippen LogP contribution in [0.2, 0.25) is 0 Å². The number of nitrogens with zero attached hydrogens (tertiary/aromatic N) is 2. The minimum absolute atomic E-state index is 0.130. The van der Waals surface area contributed by atoms with Gasteiger partial charge in [-0.2, -0.15) is 0 Å². The number of ether oxygens (including phenoxy) is 3. The van der Waals surface area contributed by atoms with Crippen LogP contribution >= 0.6 is 0 Å². The van der Waals surface area contributed by atoms with Crippen molar-refractivity contribution in [3.05, 3.63) is 89.5 Å². The fourth-order valence-electron chi connectivity index (χ4n) is 4.59. The van der Waals surface area contributed by atoms with Crippen LogP contribution in [0.3, 0.4) is 0 Å². The third-order valence-corrected chi connectivity index (χ3v) is 6.17. The van der Waals surface area contributed by atoms with E-state index in [1.165, 1.54) is 16.7 Å². The molecule has 0 aliphatic carbocycles. The molecule has 1 saturated heterocycles. The second-order valence-electron chi connectivity index (χ2n) is 8.34. The van der Waals surface area contributed by atoms with Crippen molar-refractivity contribution in [2.24, 2.45) is 0 Å². The van der Waals surface area contributed by atoms with Gasteiger partial charge >= 0.3 is 0 Å². The van der Waals surface area contributed by atoms with Crippen molar-refractivity contribution in [3.63, 3.8) is 0 Å². The lowest BCUT2D eigenvalue weighted by Gasteiger charge is -2.44. The van der Waals surface area contributed by atoms with Crippen LogP contribution in [-0.4, -0.2) is 43.7 Å². The molecule has 1 fully saturated rings. The third kappa shape index (κ3) is 5.67. The summed E-state index contributed by atoms with van der Waals surface area (Å²) in [5, 5.41) is 0. The van der Waals surface area contributed by atoms with E-state index in [2.05, 4.69) is 58.3 Å². The predicted molar refractivity (Wildman–Crippen MR) is 132 cm³/mol. The summed E-state index contributed by atoms with van der Waals surface area (Å²) in [4.78, 5) is 5.12. The first-order chi connectivity index (χ1) is 16.2. The molecule has 3 aromatic rings. The Morgan fingerprint density at radius 1 is 0.727 bits per heavy atom. The molecule has 0 amide bonds. The topological polar surface area (TPSA) is 34.2 Å². The zero-order valence-electron chi connectivity index (χ0n) is 19.9. The van der Waals surface area contributed by atoms with Crippen molar-refractivity contribution in [2.75, 3.05) is 33.9 Å². The standard InChI is InChI=1S/C28H34N2O3/c1-4-33-27-9-6-5-8-26(27)28-29(20-22-10-14-24(31-2)15-11-22)18-7-19-30(28)21-23-12-16-25(32-3)17-13-23/h5-6,8-17,28H,4,7,18-21H2,1-3H3. The number of rotatable bonds is 9. The van der Waals surface area contributed by atoms with Crippen molar-refractivity contribution in [1.29, 1.82) is 0 Å². The molecule has 174 valence electrons. The van der Waals surface area contributed by atoms with Crippen LogP contribution < -0.4 is 14.2 Å². The monoisotopic (exact) mass is 446 g/mol. The van der Waals surface area contributed by atoms with Crippen LogP contribution in [0.4, 0.5) is 0 Å². The summed E-state index contributed by atoms with van der Waals surface area (Å²) < 4.78 is 16.8. The van der Waals surface area contributed by atoms with E-state index in [0.717, 1.165) is 49.8 Å². The summed E-state index contributed by atoms with van der Waals surface area (Å²) in [5.41, 5.74) is 3.78. The first-order valence-corrected chi connectivity index (χ1v) is 11.7. The molecule has 0 aromatic heterocycles. The largest absolute Gasteiger partial charge is 0.497 e. The van der Waals surface area contributed by atoms with Gasteiger partial charge in [-0.3, -0.25) is 9.80 Å². The minimum Gasteiger partial charge on any atom is -0.497 e. The molecule has 5 nitrogen and oxygen atoms in total. The van der Waals surface area contributed by atoms with Gasteiger partial charge in [0, 0.05) is 31.7 Å². The highest BCUT2D eigenvalue weighted by Gasteiger charge is 2.32. The molecule has 0 bridgehead atoms. The Morgan fingerprint density at radius 3 is 1.73 bits per heavy atom. The third-order valence-electron chi connectivity index (χ3n) is 6.17. The lowest BCUT2D eigenvalue weighted by Crippen LogP contribution is -2.47. The molecule has 4 rings (SSSR count). The van der Waals surface area contributed by atoms with E-state index >= 15 is 0 Å². The van der Waals surface area contributed by atoms with Gasteiger partial charge in [0.1, 0.15) is 17.2 Å². The van der Waals surface area contributed by atoms with E-state index in [-0.39, 0.29) is 6.17 Å². The molecule has 3 aromatic carbocycles. The Balaban J connectivity index is 1.65. The second kappa shape index (κ2) is 11.2. The van der Waals surface area contributed by atoms with Crippen molar-refractivity contribution >= 4 is 0 Å². The number of hydrogen-bond donors (Lipinski definition) is 0. The molecule has 0 N–H and O–H groups in total. The van der Waals surface area contributed by atoms with Crippen molar-refractivity contribution in [1.82, 2.24) is 9.80 Å². The van der Waals surface area contributed by atoms with Gasteiger partial charge in [-0.05, 0) is 54.8 Å². The first-order valence-electron chi connectivity index (χ1n) is 11.7. The summed E-state index contributed by atoms with van der Waals surface area (Å²) in [5.74, 6) is 2.74. The van der Waals surface area contributed by atoms with Crippen LogP contribution in [0.15, 0.2) is 72.8 Å². The molecular weight excluding hydrogens is 412 g/mol. The molecule has 0 spiro atoms. The first kappa shape index (κ1) is 23.1. The molecule has 0 saturated carbocycles. The van der Waals surface area contributed by atoms with Crippen molar-refractivity contribution in [2.45, 2.75) is 32.6 Å². The number of hydrogen-bond acceptors (Lipinski definition) is 5. The predicted octanol–water partition coefficient (Wildman–Crippen LogP) is 5.51. The lowest BCUT2D eigenvalue weighted by atomic mass is 10.0. The Kier molecular flexibility index (Phi) is 7.87. The highest BCUT2D eigenvalue weighted by molar-refractivity contribution is 5.37. The van der Waals surface area contributed by atoms with Gasteiger partial charge in [-0.1, -0.05) is 42.5 Å². The van der Waals surface area contributed by atoms with E-state index in [1.54, 1.807) is 14.2 Å². The SMILES string of the molecule is CCOc1ccccc1C1N(Cc2ccc(OC)cc2)CCCN1Cc1ccc(OC)cc1. The van der Waals surface area contributed by atoms with Gasteiger partial charge in [-0.25, -0.2) is 0 Å². The highest BCUT2D eigenvalue weighted by atomic mass is 16.5. The van der Waals surface area contributed by atoms with Crippen LogP contribution in [-0.2, 0) is 13.1 Å². The number of para-hydroxylation sites is 1. The Hall–Kier alpha value is -3.02. The average molecular weight is 447 g/mol. The molecule has 1 aliphatic rings. The zero-order chi connectivity index (χ0) is 23.0. The number of methoxy groups -OCH3 is 2. The van der Waals surface area contributed by atoms with Crippen molar-refractivity contribution < 1.29 is 14.2 Å². The molecule has 5 heteroatoms. The fourth-order valence-corrected chi connectivity index (χ4v) is 4.59. The summed E-state index contributed by atoms with van der Waals surface area (Å²) in [7, 11) is 3.41. The molecule has 33 heavy (non-hydrogen) atoms. The highest BCUT2D eigenvalue weighted by Crippen LogP contribution is 2.37. The van der Waals surface area contributed by atoms with Crippen molar-refractivity contribution in [3.8, 4) is 17.2 Å².